The minimum absolute atomic E-state index is 0.00329. The van der Waals surface area contributed by atoms with Gasteiger partial charge in [0.25, 0.3) is 0 Å². The lowest BCUT2D eigenvalue weighted by Crippen LogP contribution is -2.26. The van der Waals surface area contributed by atoms with Crippen molar-refractivity contribution in [2.45, 2.75) is 11.8 Å². The molecule has 3 rings (SSSR count). The molecule has 2 heterocycles. The molecule has 2 aromatic rings. The average Bonchev–Trinajstić information content (AvgIpc) is 2.70. The number of hydrogen-bond donors (Lipinski definition) is 1. The zero-order valence-corrected chi connectivity index (χ0v) is 14.4. The molecule has 7 heteroatoms. The van der Waals surface area contributed by atoms with Gasteiger partial charge < -0.3 is 0 Å². The van der Waals surface area contributed by atoms with Crippen LogP contribution in [0, 0.1) is 45.3 Å². The summed E-state index contributed by atoms with van der Waals surface area (Å²) in [5.41, 5.74) is 2.41. The number of allylic oxidation sites excluding steroid dienone is 3. The zero-order valence-electron chi connectivity index (χ0n) is 14.4. The molecule has 1 radical (unpaired) electrons. The second-order valence-electron chi connectivity index (χ2n) is 5.91. The Morgan fingerprint density at radius 1 is 1.11 bits per heavy atom. The van der Waals surface area contributed by atoms with Gasteiger partial charge in [-0.3, -0.25) is 10.4 Å². The predicted octanol–water partition coefficient (Wildman–Crippen LogP) is 2.03. The van der Waals surface area contributed by atoms with Crippen molar-refractivity contribution >= 4 is 5.87 Å². The minimum atomic E-state index is -0.620. The Morgan fingerprint density at radius 2 is 1.85 bits per heavy atom. The van der Waals surface area contributed by atoms with Crippen LogP contribution in [-0.4, -0.2) is 15.8 Å². The van der Waals surface area contributed by atoms with Gasteiger partial charge in [0.1, 0.15) is 18.7 Å². The van der Waals surface area contributed by atoms with Crippen molar-refractivity contribution in [1.82, 2.24) is 9.97 Å². The largest absolute Gasteiger partial charge is 0.258 e. The topological polar surface area (TPSA) is 125 Å². The molecular formula is C20H13N7+. The van der Waals surface area contributed by atoms with Crippen LogP contribution in [-0.2, 0) is 7.05 Å². The van der Waals surface area contributed by atoms with E-state index in [0.29, 0.717) is 17.1 Å². The Labute approximate surface area is 156 Å². The Bertz CT molecular complexity index is 1090. The Morgan fingerprint density at radius 3 is 2.48 bits per heavy atom. The summed E-state index contributed by atoms with van der Waals surface area (Å²) in [7, 11) is 1.89. The van der Waals surface area contributed by atoms with E-state index < -0.39 is 11.8 Å². The maximum absolute atomic E-state index is 9.33. The highest BCUT2D eigenvalue weighted by Crippen LogP contribution is 2.39. The molecule has 0 bridgehead atoms. The van der Waals surface area contributed by atoms with Gasteiger partial charge in [-0.15, -0.1) is 0 Å². The first kappa shape index (κ1) is 17.7. The SMILES string of the molecule is C[n+]1cccc(-c2cnc3c(n2)C(C(=C=N)C#N)C=CC3[C](C#N)C#N)c1. The Balaban J connectivity index is 2.20. The van der Waals surface area contributed by atoms with Gasteiger partial charge in [0.15, 0.2) is 18.3 Å². The first-order valence-corrected chi connectivity index (χ1v) is 8.00. The Hall–Kier alpha value is -4.11. The van der Waals surface area contributed by atoms with Crippen LogP contribution in [0.1, 0.15) is 23.2 Å². The molecule has 27 heavy (non-hydrogen) atoms. The number of aryl methyl sites for hydroxylation is 1. The van der Waals surface area contributed by atoms with E-state index in [1.165, 1.54) is 0 Å². The van der Waals surface area contributed by atoms with Gasteiger partial charge in [-0.05, 0) is 11.9 Å². The van der Waals surface area contributed by atoms with Crippen molar-refractivity contribution in [1.29, 1.82) is 21.2 Å². The Kier molecular flexibility index (Phi) is 4.86. The molecule has 0 fully saturated rings. The third kappa shape index (κ3) is 3.22. The molecule has 0 amide bonds. The fraction of sp³-hybridized carbons (Fsp3) is 0.150. The lowest BCUT2D eigenvalue weighted by molar-refractivity contribution is -0.671. The summed E-state index contributed by atoms with van der Waals surface area (Å²) in [6, 6.07) is 9.53. The fourth-order valence-electron chi connectivity index (χ4n) is 2.97. The molecule has 2 aromatic heterocycles. The van der Waals surface area contributed by atoms with E-state index in [-0.39, 0.29) is 11.5 Å². The third-order valence-corrected chi connectivity index (χ3v) is 4.27. The summed E-state index contributed by atoms with van der Waals surface area (Å²) in [4.78, 5) is 9.14. The van der Waals surface area contributed by atoms with Crippen molar-refractivity contribution in [3.05, 3.63) is 65.8 Å². The minimum Gasteiger partial charge on any atom is -0.258 e. The van der Waals surface area contributed by atoms with E-state index in [0.717, 1.165) is 5.56 Å². The molecule has 0 aromatic carbocycles. The van der Waals surface area contributed by atoms with Gasteiger partial charge in [-0.25, -0.2) is 9.55 Å². The van der Waals surface area contributed by atoms with Crippen LogP contribution >= 0.6 is 0 Å². The van der Waals surface area contributed by atoms with E-state index in [1.807, 2.05) is 54.3 Å². The predicted molar refractivity (Wildman–Crippen MR) is 94.6 cm³/mol. The molecule has 1 N–H and O–H groups in total. The second kappa shape index (κ2) is 7.42. The number of hydrogen-bond acceptors (Lipinski definition) is 6. The molecule has 0 saturated carbocycles. The van der Waals surface area contributed by atoms with Crippen LogP contribution < -0.4 is 4.57 Å². The number of pyridine rings is 1. The van der Waals surface area contributed by atoms with Crippen LogP contribution in [0.5, 0.6) is 0 Å². The fourth-order valence-corrected chi connectivity index (χ4v) is 2.97. The zero-order chi connectivity index (χ0) is 19.4. The molecule has 1 aliphatic carbocycles. The number of nitrogens with zero attached hydrogens (tertiary/aromatic N) is 6. The summed E-state index contributed by atoms with van der Waals surface area (Å²) in [6.45, 7) is 0. The number of nitriles is 3. The summed E-state index contributed by atoms with van der Waals surface area (Å²) in [6.07, 6.45) is 8.69. The van der Waals surface area contributed by atoms with Gasteiger partial charge in [0, 0.05) is 6.07 Å². The van der Waals surface area contributed by atoms with Crippen molar-refractivity contribution in [3.8, 4) is 29.5 Å². The molecule has 1 aliphatic rings. The van der Waals surface area contributed by atoms with Crippen LogP contribution in [0.2, 0.25) is 0 Å². The smallest absolute Gasteiger partial charge is 0.188 e. The highest BCUT2D eigenvalue weighted by Gasteiger charge is 2.34. The van der Waals surface area contributed by atoms with E-state index in [9.17, 15) is 15.8 Å². The maximum Gasteiger partial charge on any atom is 0.188 e. The van der Waals surface area contributed by atoms with E-state index in [4.69, 9.17) is 5.41 Å². The number of rotatable bonds is 3. The standard InChI is InChI=1S/C20H13N7/c1-27-6-2-3-13(12-27)18-11-25-19-16(14(7-21)8-22)4-5-17(20(19)26-18)15(9-23)10-24/h2-6,11-12,16-17,23H,1H3/q+1. The third-order valence-electron chi connectivity index (χ3n) is 4.27. The van der Waals surface area contributed by atoms with Crippen molar-refractivity contribution in [2.75, 3.05) is 0 Å². The summed E-state index contributed by atoms with van der Waals surface area (Å²) < 4.78 is 1.88. The second-order valence-corrected chi connectivity index (χ2v) is 5.91. The normalized spacial score (nSPS) is 17.1. The summed E-state index contributed by atoms with van der Waals surface area (Å²) >= 11 is 0. The van der Waals surface area contributed by atoms with E-state index in [2.05, 4.69) is 15.8 Å². The first-order chi connectivity index (χ1) is 13.1. The van der Waals surface area contributed by atoms with Gasteiger partial charge in [0.05, 0.1) is 52.8 Å². The number of aromatic nitrogens is 3. The van der Waals surface area contributed by atoms with Crippen molar-refractivity contribution in [2.24, 2.45) is 7.05 Å². The maximum atomic E-state index is 9.33. The van der Waals surface area contributed by atoms with Crippen LogP contribution in [0.15, 0.2) is 48.4 Å². The molecule has 2 atom stereocenters. The summed E-state index contributed by atoms with van der Waals surface area (Å²) in [5, 5.41) is 35.2. The van der Waals surface area contributed by atoms with Gasteiger partial charge in [0.2, 0.25) is 0 Å². The molecule has 0 aliphatic heterocycles. The quantitative estimate of drug-likeness (QED) is 0.392. The molecule has 127 valence electrons. The lowest BCUT2D eigenvalue weighted by Gasteiger charge is -2.24. The van der Waals surface area contributed by atoms with Crippen LogP contribution in [0.4, 0.5) is 0 Å². The number of nitrogens with one attached hydrogen (secondary N) is 1. The highest BCUT2D eigenvalue weighted by atomic mass is 14.9. The van der Waals surface area contributed by atoms with Gasteiger partial charge in [-0.2, -0.15) is 15.8 Å². The highest BCUT2D eigenvalue weighted by molar-refractivity contribution is 5.67. The molecular weight excluding hydrogens is 338 g/mol. The monoisotopic (exact) mass is 351 g/mol. The van der Waals surface area contributed by atoms with Crippen LogP contribution in [0.25, 0.3) is 11.3 Å². The molecule has 0 saturated heterocycles. The lowest BCUT2D eigenvalue weighted by atomic mass is 9.80. The molecule has 2 unspecified atom stereocenters. The number of fused-ring (bicyclic) bond motifs is 1. The van der Waals surface area contributed by atoms with Gasteiger partial charge >= 0.3 is 0 Å². The average molecular weight is 351 g/mol. The molecule has 7 nitrogen and oxygen atoms in total. The van der Waals surface area contributed by atoms with Crippen molar-refractivity contribution < 1.29 is 4.57 Å². The van der Waals surface area contributed by atoms with Crippen LogP contribution in [0.3, 0.4) is 0 Å². The van der Waals surface area contributed by atoms with E-state index in [1.54, 1.807) is 18.3 Å². The summed E-state index contributed by atoms with van der Waals surface area (Å²) in [5.74, 6) is 0.930. The van der Waals surface area contributed by atoms with Gasteiger partial charge in [-0.1, -0.05) is 12.2 Å². The molecule has 0 spiro atoms. The van der Waals surface area contributed by atoms with E-state index >= 15 is 0 Å². The van der Waals surface area contributed by atoms with Crippen molar-refractivity contribution in [3.63, 3.8) is 0 Å². The first-order valence-electron chi connectivity index (χ1n) is 8.00.